The van der Waals surface area contributed by atoms with E-state index in [4.69, 9.17) is 4.74 Å². The number of alkyl halides is 1. The largest absolute Gasteiger partial charge is 0.458 e. The summed E-state index contributed by atoms with van der Waals surface area (Å²) >= 11 is 3.56. The summed E-state index contributed by atoms with van der Waals surface area (Å²) in [5, 5.41) is 12.6. The third-order valence-corrected chi connectivity index (χ3v) is 5.67. The van der Waals surface area contributed by atoms with Crippen molar-refractivity contribution in [3.8, 4) is 0 Å². The van der Waals surface area contributed by atoms with Crippen LogP contribution < -0.4 is 0 Å². The van der Waals surface area contributed by atoms with E-state index in [-0.39, 0.29) is 12.1 Å². The summed E-state index contributed by atoms with van der Waals surface area (Å²) in [6, 6.07) is 10.2. The number of ether oxygens (including phenoxy) is 1. The van der Waals surface area contributed by atoms with Gasteiger partial charge in [0.25, 0.3) is 0 Å². The molecule has 0 saturated heterocycles. The maximum Gasteiger partial charge on any atom is 0.306 e. The highest BCUT2D eigenvalue weighted by atomic mass is 79.9. The number of rotatable bonds is 13. The van der Waals surface area contributed by atoms with Gasteiger partial charge in [-0.25, -0.2) is 4.68 Å². The first-order chi connectivity index (χ1) is 13.6. The molecule has 0 aliphatic rings. The second-order valence-electron chi connectivity index (χ2n) is 7.18. The number of unbranched alkanes of at least 4 members (excludes halogenated alkanes) is 5. The number of aryl methyl sites for hydroxylation is 1. The zero-order valence-electron chi connectivity index (χ0n) is 16.9. The molecule has 7 heteroatoms. The van der Waals surface area contributed by atoms with E-state index < -0.39 is 0 Å². The van der Waals surface area contributed by atoms with Crippen molar-refractivity contribution >= 4 is 21.9 Å². The number of hydrogen-bond acceptors (Lipinski definition) is 5. The molecule has 0 N–H and O–H groups in total. The van der Waals surface area contributed by atoms with Crippen molar-refractivity contribution in [3.63, 3.8) is 0 Å². The Labute approximate surface area is 176 Å². The second-order valence-corrected chi connectivity index (χ2v) is 7.83. The Morgan fingerprint density at radius 2 is 1.79 bits per heavy atom. The van der Waals surface area contributed by atoms with Crippen LogP contribution >= 0.6 is 15.9 Å². The maximum absolute atomic E-state index is 12.0. The van der Waals surface area contributed by atoms with Gasteiger partial charge in [0.2, 0.25) is 0 Å². The summed E-state index contributed by atoms with van der Waals surface area (Å²) in [4.78, 5) is 12.0. The molecule has 2 rings (SSSR count). The summed E-state index contributed by atoms with van der Waals surface area (Å²) in [5.41, 5.74) is 1.04. The van der Waals surface area contributed by atoms with Crippen LogP contribution in [0.5, 0.6) is 0 Å². The van der Waals surface area contributed by atoms with E-state index in [2.05, 4.69) is 31.5 Å². The average molecular weight is 451 g/mol. The van der Waals surface area contributed by atoms with E-state index in [1.807, 2.05) is 48.9 Å². The molecule has 1 aromatic heterocycles. The van der Waals surface area contributed by atoms with Crippen LogP contribution in [0.1, 0.15) is 81.8 Å². The van der Waals surface area contributed by atoms with Crippen LogP contribution in [0.2, 0.25) is 0 Å². The number of hydrogen-bond donors (Lipinski definition) is 0. The lowest BCUT2D eigenvalue weighted by molar-refractivity contribution is -0.148. The normalized spacial score (nSPS) is 13.2. The highest BCUT2D eigenvalue weighted by molar-refractivity contribution is 9.09. The molecule has 28 heavy (non-hydrogen) atoms. The van der Waals surface area contributed by atoms with Crippen molar-refractivity contribution < 1.29 is 9.53 Å². The summed E-state index contributed by atoms with van der Waals surface area (Å²) in [6.45, 7) is 3.85. The molecule has 0 amide bonds. The predicted molar refractivity (Wildman–Crippen MR) is 113 cm³/mol. The maximum atomic E-state index is 12.0. The first-order valence-corrected chi connectivity index (χ1v) is 11.3. The molecule has 2 aromatic rings. The number of esters is 1. The van der Waals surface area contributed by atoms with E-state index in [0.29, 0.717) is 12.5 Å². The number of tetrazole rings is 1. The number of carbonyl (C=O) groups excluding carboxylic acids is 1. The molecule has 1 heterocycles. The first-order valence-electron chi connectivity index (χ1n) is 10.2. The third kappa shape index (κ3) is 7.70. The van der Waals surface area contributed by atoms with Crippen molar-refractivity contribution in [1.82, 2.24) is 20.2 Å². The number of carbonyl (C=O) groups is 1. The quantitative estimate of drug-likeness (QED) is 0.234. The van der Waals surface area contributed by atoms with Gasteiger partial charge in [0.15, 0.2) is 0 Å². The van der Waals surface area contributed by atoms with E-state index in [0.717, 1.165) is 48.8 Å². The topological polar surface area (TPSA) is 69.9 Å². The smallest absolute Gasteiger partial charge is 0.306 e. The van der Waals surface area contributed by atoms with Crippen LogP contribution in [-0.4, -0.2) is 31.5 Å². The number of halogens is 1. The summed E-state index contributed by atoms with van der Waals surface area (Å²) in [6.07, 6.45) is 8.06. The Balaban J connectivity index is 1.50. The lowest BCUT2D eigenvalue weighted by Crippen LogP contribution is -2.14. The highest BCUT2D eigenvalue weighted by Crippen LogP contribution is 2.20. The van der Waals surface area contributed by atoms with Crippen LogP contribution in [0.4, 0.5) is 0 Å². The van der Waals surface area contributed by atoms with E-state index in [1.165, 1.54) is 12.8 Å². The van der Waals surface area contributed by atoms with Crippen molar-refractivity contribution in [3.05, 3.63) is 41.7 Å². The van der Waals surface area contributed by atoms with Crippen LogP contribution in [-0.2, 0) is 9.53 Å². The van der Waals surface area contributed by atoms with Crippen molar-refractivity contribution in [2.45, 2.75) is 77.4 Å². The SMILES string of the molecule is Cc1nnnn1C(CBr)CCCCCCCCC(=O)OC(C)c1ccccc1. The number of nitrogens with zero attached hydrogens (tertiary/aromatic N) is 4. The molecule has 0 radical (unpaired) electrons. The van der Waals surface area contributed by atoms with Crippen LogP contribution in [0.3, 0.4) is 0 Å². The minimum Gasteiger partial charge on any atom is -0.458 e. The molecule has 0 aliphatic heterocycles. The fraction of sp³-hybridized carbons (Fsp3) is 0.619. The minimum atomic E-state index is -0.181. The summed E-state index contributed by atoms with van der Waals surface area (Å²) < 4.78 is 7.40. The number of aromatic nitrogens is 4. The molecule has 2 atom stereocenters. The van der Waals surface area contributed by atoms with E-state index in [9.17, 15) is 4.79 Å². The fourth-order valence-electron chi connectivity index (χ4n) is 3.25. The van der Waals surface area contributed by atoms with Crippen LogP contribution in [0.25, 0.3) is 0 Å². The highest BCUT2D eigenvalue weighted by Gasteiger charge is 2.13. The molecule has 0 aliphatic carbocycles. The van der Waals surface area contributed by atoms with Crippen molar-refractivity contribution in [1.29, 1.82) is 0 Å². The Hall–Kier alpha value is -1.76. The van der Waals surface area contributed by atoms with E-state index >= 15 is 0 Å². The molecule has 1 aromatic carbocycles. The molecule has 0 bridgehead atoms. The molecular formula is C21H31BrN4O2. The first kappa shape index (κ1) is 22.5. The third-order valence-electron chi connectivity index (χ3n) is 4.93. The Morgan fingerprint density at radius 1 is 1.11 bits per heavy atom. The Bertz CT molecular complexity index is 693. The standard InChI is InChI=1S/C21H31BrN4O2/c1-17(19-12-8-7-9-13-19)28-21(27)15-11-6-4-3-5-10-14-20(16-22)26-18(2)23-24-25-26/h7-9,12-13,17,20H,3-6,10-11,14-16H2,1-2H3. The lowest BCUT2D eigenvalue weighted by atomic mass is 10.1. The summed E-state index contributed by atoms with van der Waals surface area (Å²) in [5.74, 6) is 0.756. The fourth-order valence-corrected chi connectivity index (χ4v) is 3.84. The zero-order valence-corrected chi connectivity index (χ0v) is 18.5. The molecule has 0 fully saturated rings. The second kappa shape index (κ2) is 12.6. The summed E-state index contributed by atoms with van der Waals surface area (Å²) in [7, 11) is 0. The van der Waals surface area contributed by atoms with Crippen molar-refractivity contribution in [2.24, 2.45) is 0 Å². The van der Waals surface area contributed by atoms with Crippen LogP contribution in [0, 0.1) is 6.92 Å². The molecular weight excluding hydrogens is 420 g/mol. The molecule has 0 spiro atoms. The number of benzene rings is 1. The monoisotopic (exact) mass is 450 g/mol. The van der Waals surface area contributed by atoms with Gasteiger partial charge in [-0.15, -0.1) is 5.10 Å². The molecule has 154 valence electrons. The predicted octanol–water partition coefficient (Wildman–Crippen LogP) is 5.34. The molecule has 6 nitrogen and oxygen atoms in total. The van der Waals surface area contributed by atoms with Gasteiger partial charge < -0.3 is 4.74 Å². The Kier molecular flexibility index (Phi) is 10.2. The Morgan fingerprint density at radius 3 is 2.43 bits per heavy atom. The van der Waals surface area contributed by atoms with Gasteiger partial charge in [0.1, 0.15) is 11.9 Å². The molecule has 2 unspecified atom stereocenters. The molecule has 0 saturated carbocycles. The van der Waals surface area contributed by atoms with Gasteiger partial charge in [0.05, 0.1) is 6.04 Å². The van der Waals surface area contributed by atoms with Gasteiger partial charge in [-0.05, 0) is 42.7 Å². The van der Waals surface area contributed by atoms with E-state index in [1.54, 1.807) is 0 Å². The van der Waals surface area contributed by atoms with Gasteiger partial charge in [-0.3, -0.25) is 4.79 Å². The van der Waals surface area contributed by atoms with Gasteiger partial charge >= 0.3 is 5.97 Å². The van der Waals surface area contributed by atoms with Gasteiger partial charge in [0, 0.05) is 11.8 Å². The van der Waals surface area contributed by atoms with Crippen LogP contribution in [0.15, 0.2) is 30.3 Å². The van der Waals surface area contributed by atoms with Gasteiger partial charge in [-0.1, -0.05) is 78.4 Å². The average Bonchev–Trinajstić information content (AvgIpc) is 3.13. The minimum absolute atomic E-state index is 0.103. The van der Waals surface area contributed by atoms with Gasteiger partial charge in [-0.2, -0.15) is 0 Å². The van der Waals surface area contributed by atoms with Crippen molar-refractivity contribution in [2.75, 3.05) is 5.33 Å². The zero-order chi connectivity index (χ0) is 20.2. The lowest BCUT2D eigenvalue weighted by Gasteiger charge is -2.14.